The van der Waals surface area contributed by atoms with E-state index in [9.17, 15) is 9.59 Å². The summed E-state index contributed by atoms with van der Waals surface area (Å²) in [5.74, 6) is -0.224. The van der Waals surface area contributed by atoms with Gasteiger partial charge in [-0.1, -0.05) is 13.0 Å². The maximum atomic E-state index is 11.9. The fourth-order valence-corrected chi connectivity index (χ4v) is 1.86. The first kappa shape index (κ1) is 14.3. The van der Waals surface area contributed by atoms with Crippen LogP contribution in [-0.2, 0) is 4.79 Å². The second kappa shape index (κ2) is 6.38. The van der Waals surface area contributed by atoms with Crippen molar-refractivity contribution in [3.63, 3.8) is 0 Å². The van der Waals surface area contributed by atoms with Crippen LogP contribution in [0.3, 0.4) is 0 Å². The number of hydrogen-bond acceptors (Lipinski definition) is 3. The summed E-state index contributed by atoms with van der Waals surface area (Å²) in [6.07, 6.45) is 0.400. The zero-order chi connectivity index (χ0) is 14.5. The van der Waals surface area contributed by atoms with Crippen LogP contribution in [-0.4, -0.2) is 11.8 Å². The highest BCUT2D eigenvalue weighted by Crippen LogP contribution is 2.18. The third-order valence-electron chi connectivity index (χ3n) is 2.52. The number of benzene rings is 1. The van der Waals surface area contributed by atoms with Gasteiger partial charge in [0.05, 0.1) is 0 Å². The molecule has 2 aromatic rings. The number of nitrogens with one attached hydrogen (secondary N) is 2. The van der Waals surface area contributed by atoms with Crippen molar-refractivity contribution in [1.82, 2.24) is 0 Å². The Bertz CT molecular complexity index is 637. The first-order valence-corrected chi connectivity index (χ1v) is 6.84. The van der Waals surface area contributed by atoms with Crippen molar-refractivity contribution in [3.8, 4) is 0 Å². The van der Waals surface area contributed by atoms with Gasteiger partial charge in [0.2, 0.25) is 5.91 Å². The van der Waals surface area contributed by atoms with Crippen LogP contribution in [0.25, 0.3) is 0 Å². The van der Waals surface area contributed by atoms with E-state index in [0.717, 1.165) is 0 Å². The van der Waals surface area contributed by atoms with Gasteiger partial charge in [-0.3, -0.25) is 9.59 Å². The summed E-state index contributed by atoms with van der Waals surface area (Å²) in [5.41, 5.74) is 1.21. The second-order valence-electron chi connectivity index (χ2n) is 4.04. The molecule has 1 heterocycles. The van der Waals surface area contributed by atoms with E-state index in [0.29, 0.717) is 22.5 Å². The Morgan fingerprint density at radius 2 is 1.85 bits per heavy atom. The molecule has 0 fully saturated rings. The van der Waals surface area contributed by atoms with E-state index >= 15 is 0 Å². The van der Waals surface area contributed by atoms with Crippen LogP contribution >= 0.6 is 15.9 Å². The van der Waals surface area contributed by atoms with Crippen molar-refractivity contribution in [1.29, 1.82) is 0 Å². The average Bonchev–Trinajstić information content (AvgIpc) is 2.86. The van der Waals surface area contributed by atoms with Crippen LogP contribution < -0.4 is 10.6 Å². The van der Waals surface area contributed by atoms with Gasteiger partial charge >= 0.3 is 0 Å². The lowest BCUT2D eigenvalue weighted by atomic mass is 10.2. The van der Waals surface area contributed by atoms with E-state index in [1.165, 1.54) is 0 Å². The van der Waals surface area contributed by atoms with Gasteiger partial charge in [-0.05, 0) is 46.3 Å². The molecule has 0 aliphatic heterocycles. The molecule has 0 aliphatic rings. The van der Waals surface area contributed by atoms with Gasteiger partial charge in [0.25, 0.3) is 5.91 Å². The van der Waals surface area contributed by atoms with Crippen LogP contribution in [0.5, 0.6) is 0 Å². The number of halogens is 1. The Balaban J connectivity index is 2.08. The first-order valence-electron chi connectivity index (χ1n) is 6.05. The lowest BCUT2D eigenvalue weighted by molar-refractivity contribution is -0.115. The number of carbonyl (C=O) groups excluding carboxylic acids is 2. The summed E-state index contributed by atoms with van der Waals surface area (Å²) in [4.78, 5) is 23.2. The second-order valence-corrected chi connectivity index (χ2v) is 4.82. The van der Waals surface area contributed by atoms with E-state index in [1.807, 2.05) is 0 Å². The van der Waals surface area contributed by atoms with Gasteiger partial charge in [-0.15, -0.1) is 0 Å². The molecule has 0 saturated carbocycles. The normalized spacial score (nSPS) is 10.1. The predicted molar refractivity (Wildman–Crippen MR) is 79.7 cm³/mol. The highest BCUT2D eigenvalue weighted by atomic mass is 79.9. The van der Waals surface area contributed by atoms with Crippen molar-refractivity contribution < 1.29 is 14.0 Å². The third-order valence-corrected chi connectivity index (χ3v) is 2.95. The summed E-state index contributed by atoms with van der Waals surface area (Å²) in [7, 11) is 0. The highest BCUT2D eigenvalue weighted by molar-refractivity contribution is 9.10. The minimum Gasteiger partial charge on any atom is -0.444 e. The van der Waals surface area contributed by atoms with Gasteiger partial charge in [0.15, 0.2) is 10.4 Å². The third kappa shape index (κ3) is 3.71. The van der Waals surface area contributed by atoms with E-state index in [4.69, 9.17) is 4.42 Å². The number of hydrogen-bond donors (Lipinski definition) is 2. The molecule has 1 aromatic heterocycles. The minimum absolute atomic E-state index is 0.0801. The van der Waals surface area contributed by atoms with Gasteiger partial charge in [-0.25, -0.2) is 0 Å². The first-order chi connectivity index (χ1) is 9.58. The van der Waals surface area contributed by atoms with Crippen LogP contribution in [0.4, 0.5) is 11.4 Å². The molecule has 104 valence electrons. The van der Waals surface area contributed by atoms with Crippen molar-refractivity contribution in [2.75, 3.05) is 10.6 Å². The maximum absolute atomic E-state index is 11.9. The molecule has 0 radical (unpaired) electrons. The predicted octanol–water partition coefficient (Wildman–Crippen LogP) is 3.64. The van der Waals surface area contributed by atoms with Crippen molar-refractivity contribution in [2.45, 2.75) is 13.3 Å². The molecule has 2 N–H and O–H groups in total. The Morgan fingerprint density at radius 3 is 2.45 bits per heavy atom. The molecule has 0 aliphatic carbocycles. The zero-order valence-corrected chi connectivity index (χ0v) is 12.4. The van der Waals surface area contributed by atoms with Crippen molar-refractivity contribution in [2.24, 2.45) is 0 Å². The van der Waals surface area contributed by atoms with E-state index in [2.05, 4.69) is 26.6 Å². The van der Waals surface area contributed by atoms with Gasteiger partial charge in [0, 0.05) is 17.8 Å². The van der Waals surface area contributed by atoms with E-state index in [-0.39, 0.29) is 17.6 Å². The maximum Gasteiger partial charge on any atom is 0.291 e. The monoisotopic (exact) mass is 336 g/mol. The quantitative estimate of drug-likeness (QED) is 0.895. The average molecular weight is 337 g/mol. The highest BCUT2D eigenvalue weighted by Gasteiger charge is 2.11. The van der Waals surface area contributed by atoms with Gasteiger partial charge < -0.3 is 15.1 Å². The lowest BCUT2D eigenvalue weighted by Gasteiger charge is -2.07. The molecule has 0 atom stereocenters. The molecule has 1 aromatic carbocycles. The number of furan rings is 1. The number of anilines is 2. The molecule has 6 heteroatoms. The molecular formula is C14H13BrN2O3. The number of amides is 2. The minimum atomic E-state index is -0.352. The Kier molecular flexibility index (Phi) is 4.57. The molecule has 2 rings (SSSR count). The molecule has 20 heavy (non-hydrogen) atoms. The van der Waals surface area contributed by atoms with Gasteiger partial charge in [0.1, 0.15) is 0 Å². The van der Waals surface area contributed by atoms with E-state index in [1.54, 1.807) is 43.3 Å². The van der Waals surface area contributed by atoms with Crippen LogP contribution in [0.2, 0.25) is 0 Å². The summed E-state index contributed by atoms with van der Waals surface area (Å²) in [6, 6.07) is 10.1. The van der Waals surface area contributed by atoms with Crippen LogP contribution in [0, 0.1) is 0 Å². The van der Waals surface area contributed by atoms with Gasteiger partial charge in [-0.2, -0.15) is 0 Å². The molecule has 0 unspecified atom stereocenters. The zero-order valence-electron chi connectivity index (χ0n) is 10.8. The SMILES string of the molecule is CCC(=O)Nc1cccc(NC(=O)c2ccc(Br)o2)c1. The van der Waals surface area contributed by atoms with Crippen LogP contribution in [0.1, 0.15) is 23.9 Å². The molecule has 0 bridgehead atoms. The standard InChI is InChI=1S/C14H13BrN2O3/c1-2-13(18)16-9-4-3-5-10(8-9)17-14(19)11-6-7-12(15)20-11/h3-8H,2H2,1H3,(H,16,18)(H,17,19). The fraction of sp³-hybridized carbons (Fsp3) is 0.143. The summed E-state index contributed by atoms with van der Waals surface area (Å²) >= 11 is 3.14. The smallest absolute Gasteiger partial charge is 0.291 e. The number of rotatable bonds is 4. The molecule has 5 nitrogen and oxygen atoms in total. The molecule has 2 amide bonds. The molecular weight excluding hydrogens is 324 g/mol. The van der Waals surface area contributed by atoms with Crippen molar-refractivity contribution >= 4 is 39.1 Å². The topological polar surface area (TPSA) is 71.3 Å². The Labute approximate surface area is 124 Å². The van der Waals surface area contributed by atoms with Crippen LogP contribution in [0.15, 0.2) is 45.5 Å². The Hall–Kier alpha value is -2.08. The lowest BCUT2D eigenvalue weighted by Crippen LogP contribution is -2.12. The molecule has 0 spiro atoms. The molecule has 0 saturated heterocycles. The summed E-state index contributed by atoms with van der Waals surface area (Å²) in [6.45, 7) is 1.77. The van der Waals surface area contributed by atoms with Crippen molar-refractivity contribution in [3.05, 3.63) is 46.8 Å². The summed E-state index contributed by atoms with van der Waals surface area (Å²) < 4.78 is 5.66. The summed E-state index contributed by atoms with van der Waals surface area (Å²) in [5, 5.41) is 5.43. The van der Waals surface area contributed by atoms with E-state index < -0.39 is 0 Å². The number of carbonyl (C=O) groups is 2. The Morgan fingerprint density at radius 1 is 1.15 bits per heavy atom. The largest absolute Gasteiger partial charge is 0.444 e. The fourth-order valence-electron chi connectivity index (χ4n) is 1.55.